The minimum atomic E-state index is -3.65. The van der Waals surface area contributed by atoms with Gasteiger partial charge < -0.3 is 14.1 Å². The van der Waals surface area contributed by atoms with E-state index in [2.05, 4.69) is 15.2 Å². The second kappa shape index (κ2) is 9.34. The molecule has 3 heterocycles. The van der Waals surface area contributed by atoms with E-state index in [1.54, 1.807) is 31.3 Å². The van der Waals surface area contributed by atoms with Crippen molar-refractivity contribution in [3.8, 4) is 11.5 Å². The summed E-state index contributed by atoms with van der Waals surface area (Å²) in [4.78, 5) is 16.3. The number of thioether (sulfide) groups is 1. The molecule has 5 rings (SSSR count). The van der Waals surface area contributed by atoms with Crippen LogP contribution >= 0.6 is 11.8 Å². The average molecular weight is 499 g/mol. The average Bonchev–Trinajstić information content (AvgIpc) is 3.51. The Kier molecular flexibility index (Phi) is 6.26. The van der Waals surface area contributed by atoms with Crippen molar-refractivity contribution in [3.63, 3.8) is 0 Å². The van der Waals surface area contributed by atoms with Gasteiger partial charge in [0.05, 0.1) is 23.4 Å². The second-order valence-corrected chi connectivity index (χ2v) is 11.0. The Balaban J connectivity index is 1.33. The predicted octanol–water partition coefficient (Wildman–Crippen LogP) is 3.60. The van der Waals surface area contributed by atoms with Gasteiger partial charge in [0.15, 0.2) is 5.78 Å². The summed E-state index contributed by atoms with van der Waals surface area (Å²) in [6, 6.07) is 14.0. The van der Waals surface area contributed by atoms with Gasteiger partial charge in [0.1, 0.15) is 0 Å². The van der Waals surface area contributed by atoms with Crippen molar-refractivity contribution >= 4 is 38.5 Å². The van der Waals surface area contributed by atoms with E-state index < -0.39 is 15.3 Å². The van der Waals surface area contributed by atoms with Gasteiger partial charge in [-0.05, 0) is 31.2 Å². The number of benzene rings is 2. The zero-order valence-corrected chi connectivity index (χ0v) is 19.9. The molecule has 4 aromatic rings. The van der Waals surface area contributed by atoms with Crippen molar-refractivity contribution < 1.29 is 22.4 Å². The van der Waals surface area contributed by atoms with E-state index in [4.69, 9.17) is 9.15 Å². The van der Waals surface area contributed by atoms with Gasteiger partial charge in [-0.1, -0.05) is 36.0 Å². The maximum absolute atomic E-state index is 13.0. The van der Waals surface area contributed by atoms with Crippen LogP contribution in [0.2, 0.25) is 0 Å². The smallest absolute Gasteiger partial charge is 0.277 e. The molecule has 0 radical (unpaired) electrons. The number of rotatable bonds is 7. The predicted molar refractivity (Wildman–Crippen MR) is 127 cm³/mol. The van der Waals surface area contributed by atoms with Crippen molar-refractivity contribution in [1.29, 1.82) is 0 Å². The summed E-state index contributed by atoms with van der Waals surface area (Å²) in [5.74, 6) is 0.133. The number of carbonyl (C=O) groups is 1. The third-order valence-electron chi connectivity index (χ3n) is 5.60. The van der Waals surface area contributed by atoms with E-state index >= 15 is 0 Å². The Morgan fingerprint density at radius 2 is 1.91 bits per heavy atom. The van der Waals surface area contributed by atoms with Crippen molar-refractivity contribution in [1.82, 2.24) is 19.5 Å². The summed E-state index contributed by atoms with van der Waals surface area (Å²) in [7, 11) is -3.65. The molecular weight excluding hydrogens is 476 g/mol. The number of morpholine rings is 1. The standard InChI is InChI=1S/C23H22N4O5S2/c1-15(21(28)19-14-24-20-8-3-2-7-18(19)20)33-23-26-25-22(32-23)16-5-4-6-17(13-16)34(29,30)27-9-11-31-12-10-27/h2-8,13-15,24H,9-12H2,1H3/t15-/m1/s1. The molecule has 0 unspecified atom stereocenters. The first-order valence-corrected chi connectivity index (χ1v) is 13.0. The first-order valence-electron chi connectivity index (χ1n) is 10.7. The molecule has 2 aromatic carbocycles. The first-order chi connectivity index (χ1) is 16.4. The highest BCUT2D eigenvalue weighted by atomic mass is 32.2. The van der Waals surface area contributed by atoms with E-state index in [9.17, 15) is 13.2 Å². The number of para-hydroxylation sites is 1. The van der Waals surface area contributed by atoms with Crippen molar-refractivity contribution in [2.45, 2.75) is 22.3 Å². The van der Waals surface area contributed by atoms with Crippen molar-refractivity contribution in [2.75, 3.05) is 26.3 Å². The number of Topliss-reactive ketones (excluding diaryl/α,β-unsaturated/α-hetero) is 1. The summed E-state index contributed by atoms with van der Waals surface area (Å²) in [5, 5.41) is 8.75. The lowest BCUT2D eigenvalue weighted by Crippen LogP contribution is -2.40. The van der Waals surface area contributed by atoms with Crippen LogP contribution in [0.25, 0.3) is 22.4 Å². The topological polar surface area (TPSA) is 118 Å². The van der Waals surface area contributed by atoms with Crippen molar-refractivity contribution in [3.05, 3.63) is 60.3 Å². The first kappa shape index (κ1) is 22.8. The highest BCUT2D eigenvalue weighted by molar-refractivity contribution is 8.00. The van der Waals surface area contributed by atoms with Crippen LogP contribution in [0.1, 0.15) is 17.3 Å². The molecule has 0 saturated carbocycles. The molecule has 1 aliphatic rings. The van der Waals surface area contributed by atoms with E-state index in [-0.39, 0.29) is 21.8 Å². The summed E-state index contributed by atoms with van der Waals surface area (Å²) in [5.41, 5.74) is 2.00. The Morgan fingerprint density at radius 1 is 1.12 bits per heavy atom. The van der Waals surface area contributed by atoms with Crippen LogP contribution in [-0.2, 0) is 14.8 Å². The second-order valence-electron chi connectivity index (χ2n) is 7.79. The zero-order chi connectivity index (χ0) is 23.7. The van der Waals surface area contributed by atoms with E-state index in [1.165, 1.54) is 10.4 Å². The Bertz CT molecular complexity index is 1440. The third kappa shape index (κ3) is 4.39. The molecule has 11 heteroatoms. The maximum atomic E-state index is 13.0. The van der Waals surface area contributed by atoms with Gasteiger partial charge in [0.2, 0.25) is 15.9 Å². The number of nitrogens with zero attached hydrogens (tertiary/aromatic N) is 3. The summed E-state index contributed by atoms with van der Waals surface area (Å²) in [6.07, 6.45) is 1.71. The summed E-state index contributed by atoms with van der Waals surface area (Å²) < 4.78 is 38.3. The van der Waals surface area contributed by atoms with Crippen LogP contribution in [0.5, 0.6) is 0 Å². The maximum Gasteiger partial charge on any atom is 0.277 e. The quantitative estimate of drug-likeness (QED) is 0.303. The van der Waals surface area contributed by atoms with Crippen LogP contribution in [-0.4, -0.2) is 65.2 Å². The minimum Gasteiger partial charge on any atom is -0.411 e. The Labute approximate surface area is 200 Å². The van der Waals surface area contributed by atoms with E-state index in [1.807, 2.05) is 24.3 Å². The lowest BCUT2D eigenvalue weighted by atomic mass is 10.1. The molecule has 1 N–H and O–H groups in total. The molecular formula is C23H22N4O5S2. The van der Waals surface area contributed by atoms with Gasteiger partial charge in [-0.3, -0.25) is 4.79 Å². The number of nitrogens with one attached hydrogen (secondary N) is 1. The monoisotopic (exact) mass is 498 g/mol. The van der Waals surface area contributed by atoms with Gasteiger partial charge >= 0.3 is 0 Å². The Morgan fingerprint density at radius 3 is 2.74 bits per heavy atom. The van der Waals surface area contributed by atoms with Crippen LogP contribution in [0, 0.1) is 0 Å². The minimum absolute atomic E-state index is 0.0548. The van der Waals surface area contributed by atoms with Gasteiger partial charge in [0, 0.05) is 41.3 Å². The fourth-order valence-electron chi connectivity index (χ4n) is 3.80. The molecule has 0 spiro atoms. The zero-order valence-electron chi connectivity index (χ0n) is 18.3. The lowest BCUT2D eigenvalue weighted by molar-refractivity contribution is 0.0730. The van der Waals surface area contributed by atoms with Gasteiger partial charge in [-0.15, -0.1) is 10.2 Å². The molecule has 1 atom stereocenters. The van der Waals surface area contributed by atoms with Gasteiger partial charge in [-0.25, -0.2) is 8.42 Å². The summed E-state index contributed by atoms with van der Waals surface area (Å²) >= 11 is 1.16. The van der Waals surface area contributed by atoms with E-state index in [0.29, 0.717) is 37.4 Å². The van der Waals surface area contributed by atoms with Crippen LogP contribution in [0.4, 0.5) is 0 Å². The molecule has 1 fully saturated rings. The summed E-state index contributed by atoms with van der Waals surface area (Å²) in [6.45, 7) is 3.16. The molecule has 0 aliphatic carbocycles. The number of ether oxygens (including phenoxy) is 1. The molecule has 9 nitrogen and oxygen atoms in total. The highest BCUT2D eigenvalue weighted by Crippen LogP contribution is 2.30. The molecule has 34 heavy (non-hydrogen) atoms. The molecule has 1 saturated heterocycles. The molecule has 0 bridgehead atoms. The highest BCUT2D eigenvalue weighted by Gasteiger charge is 2.27. The Hall–Kier alpha value is -2.99. The fraction of sp³-hybridized carbons (Fsp3) is 0.261. The molecule has 176 valence electrons. The molecule has 2 aromatic heterocycles. The van der Waals surface area contributed by atoms with Crippen LogP contribution < -0.4 is 0 Å². The van der Waals surface area contributed by atoms with Crippen LogP contribution in [0.3, 0.4) is 0 Å². The molecule has 1 aliphatic heterocycles. The number of hydrogen-bond acceptors (Lipinski definition) is 8. The SMILES string of the molecule is C[C@@H](Sc1nnc(-c2cccc(S(=O)(=O)N3CCOCC3)c2)o1)C(=O)c1c[nH]c2ccccc12. The third-order valence-corrected chi connectivity index (χ3v) is 8.43. The number of aromatic nitrogens is 3. The number of hydrogen-bond donors (Lipinski definition) is 1. The van der Waals surface area contributed by atoms with E-state index in [0.717, 1.165) is 22.7 Å². The normalized spacial score (nSPS) is 16.0. The number of carbonyl (C=O) groups excluding carboxylic acids is 1. The number of ketones is 1. The van der Waals surface area contributed by atoms with Gasteiger partial charge in [0.25, 0.3) is 5.22 Å². The largest absolute Gasteiger partial charge is 0.411 e. The lowest BCUT2D eigenvalue weighted by Gasteiger charge is -2.26. The molecule has 0 amide bonds. The van der Waals surface area contributed by atoms with Crippen LogP contribution in [0.15, 0.2) is 69.3 Å². The fourth-order valence-corrected chi connectivity index (χ4v) is 6.00. The number of fused-ring (bicyclic) bond motifs is 1. The van der Waals surface area contributed by atoms with Crippen molar-refractivity contribution in [2.24, 2.45) is 0 Å². The number of H-pyrrole nitrogens is 1. The number of aromatic amines is 1. The number of sulfonamides is 1. The van der Waals surface area contributed by atoms with Gasteiger partial charge in [-0.2, -0.15) is 4.31 Å².